The largest absolute Gasteiger partial charge is 0.493 e. The molecule has 0 saturated carbocycles. The van der Waals surface area contributed by atoms with Crippen molar-refractivity contribution in [3.05, 3.63) is 48.5 Å². The summed E-state index contributed by atoms with van der Waals surface area (Å²) in [5.41, 5.74) is 1.16. The number of carbonyl (C=O) groups is 3. The SMILES string of the molecule is COc1ccccc1OCC(=O)Nc1cccc(NC2CC(=O)NC2=O)c1. The number of nitrogens with one attached hydrogen (secondary N) is 3. The highest BCUT2D eigenvalue weighted by Crippen LogP contribution is 2.25. The van der Waals surface area contributed by atoms with Gasteiger partial charge in [0.2, 0.25) is 11.8 Å². The van der Waals surface area contributed by atoms with Crippen LogP contribution in [0.5, 0.6) is 11.5 Å². The summed E-state index contributed by atoms with van der Waals surface area (Å²) < 4.78 is 10.7. The van der Waals surface area contributed by atoms with E-state index < -0.39 is 6.04 Å². The normalized spacial score (nSPS) is 15.8. The van der Waals surface area contributed by atoms with Crippen LogP contribution in [-0.2, 0) is 14.4 Å². The zero-order valence-corrected chi connectivity index (χ0v) is 14.7. The summed E-state index contributed by atoms with van der Waals surface area (Å²) in [5, 5.41) is 7.94. The molecule has 0 radical (unpaired) electrons. The molecule has 1 unspecified atom stereocenters. The maximum absolute atomic E-state index is 12.1. The molecule has 1 atom stereocenters. The Morgan fingerprint density at radius 1 is 1.11 bits per heavy atom. The Hall–Kier alpha value is -3.55. The number of carbonyl (C=O) groups excluding carboxylic acids is 3. The zero-order chi connectivity index (χ0) is 19.2. The molecule has 3 amide bonds. The van der Waals surface area contributed by atoms with E-state index in [1.165, 1.54) is 7.11 Å². The van der Waals surface area contributed by atoms with Gasteiger partial charge in [0.25, 0.3) is 5.91 Å². The molecule has 2 aromatic carbocycles. The van der Waals surface area contributed by atoms with Crippen LogP contribution in [0.3, 0.4) is 0 Å². The van der Waals surface area contributed by atoms with Crippen LogP contribution in [-0.4, -0.2) is 37.5 Å². The van der Waals surface area contributed by atoms with E-state index in [-0.39, 0.29) is 30.7 Å². The molecule has 8 heteroatoms. The lowest BCUT2D eigenvalue weighted by Gasteiger charge is -2.13. The number of imide groups is 1. The number of amides is 3. The second-order valence-electron chi connectivity index (χ2n) is 5.88. The zero-order valence-electron chi connectivity index (χ0n) is 14.7. The first-order valence-corrected chi connectivity index (χ1v) is 8.31. The summed E-state index contributed by atoms with van der Waals surface area (Å²) in [6.45, 7) is -0.183. The van der Waals surface area contributed by atoms with E-state index in [0.717, 1.165) is 0 Å². The van der Waals surface area contributed by atoms with E-state index in [1.807, 2.05) is 6.07 Å². The van der Waals surface area contributed by atoms with Gasteiger partial charge in [-0.05, 0) is 30.3 Å². The second-order valence-corrected chi connectivity index (χ2v) is 5.88. The van der Waals surface area contributed by atoms with E-state index in [0.29, 0.717) is 22.9 Å². The number of rotatable bonds is 7. The number of benzene rings is 2. The van der Waals surface area contributed by atoms with E-state index in [4.69, 9.17) is 9.47 Å². The Morgan fingerprint density at radius 3 is 2.56 bits per heavy atom. The summed E-state index contributed by atoms with van der Waals surface area (Å²) >= 11 is 0. The van der Waals surface area contributed by atoms with Gasteiger partial charge in [0.05, 0.1) is 13.5 Å². The maximum atomic E-state index is 12.1. The highest BCUT2D eigenvalue weighted by molar-refractivity contribution is 6.06. The second kappa shape index (κ2) is 8.22. The minimum absolute atomic E-state index is 0.0855. The first-order chi connectivity index (χ1) is 13.0. The Kier molecular flexibility index (Phi) is 5.55. The molecule has 0 aliphatic carbocycles. The lowest BCUT2D eigenvalue weighted by atomic mass is 10.2. The van der Waals surface area contributed by atoms with Gasteiger partial charge >= 0.3 is 0 Å². The van der Waals surface area contributed by atoms with Crippen molar-refractivity contribution in [1.29, 1.82) is 0 Å². The molecule has 1 heterocycles. The molecular formula is C19H19N3O5. The molecule has 0 spiro atoms. The third kappa shape index (κ3) is 4.75. The van der Waals surface area contributed by atoms with E-state index >= 15 is 0 Å². The Bertz CT molecular complexity index is 868. The average Bonchev–Trinajstić information content (AvgIpc) is 2.97. The fourth-order valence-electron chi connectivity index (χ4n) is 2.64. The van der Waals surface area contributed by atoms with Gasteiger partial charge in [-0.15, -0.1) is 0 Å². The van der Waals surface area contributed by atoms with Crippen molar-refractivity contribution < 1.29 is 23.9 Å². The van der Waals surface area contributed by atoms with Crippen molar-refractivity contribution in [2.24, 2.45) is 0 Å². The van der Waals surface area contributed by atoms with Crippen molar-refractivity contribution in [2.45, 2.75) is 12.5 Å². The average molecular weight is 369 g/mol. The standard InChI is InChI=1S/C19H19N3O5/c1-26-15-7-2-3-8-16(15)27-11-18(24)21-13-6-4-5-12(9-13)20-14-10-17(23)22-19(14)25/h2-9,14,20H,10-11H2,1H3,(H,21,24)(H,22,23,25). The summed E-state index contributed by atoms with van der Waals surface area (Å²) in [6.07, 6.45) is 0.0855. The number of ether oxygens (including phenoxy) is 2. The summed E-state index contributed by atoms with van der Waals surface area (Å²) in [7, 11) is 1.53. The quantitative estimate of drug-likeness (QED) is 0.640. The molecule has 1 aliphatic heterocycles. The smallest absolute Gasteiger partial charge is 0.262 e. The van der Waals surface area contributed by atoms with Crippen molar-refractivity contribution in [1.82, 2.24) is 5.32 Å². The lowest BCUT2D eigenvalue weighted by molar-refractivity contribution is -0.125. The Labute approximate surface area is 155 Å². The van der Waals surface area contributed by atoms with Gasteiger partial charge in [-0.25, -0.2) is 0 Å². The molecule has 140 valence electrons. The third-order valence-corrected chi connectivity index (χ3v) is 3.88. The molecule has 0 bridgehead atoms. The van der Waals surface area contributed by atoms with Crippen LogP contribution in [0.4, 0.5) is 11.4 Å². The number of hydrogen-bond donors (Lipinski definition) is 3. The third-order valence-electron chi connectivity index (χ3n) is 3.88. The molecule has 3 rings (SSSR count). The fraction of sp³-hybridized carbons (Fsp3) is 0.211. The molecule has 0 aromatic heterocycles. The van der Waals surface area contributed by atoms with Crippen LogP contribution < -0.4 is 25.4 Å². The molecule has 1 saturated heterocycles. The molecular weight excluding hydrogens is 350 g/mol. The topological polar surface area (TPSA) is 106 Å². The van der Waals surface area contributed by atoms with Gasteiger partial charge in [-0.1, -0.05) is 18.2 Å². The molecule has 1 fully saturated rings. The van der Waals surface area contributed by atoms with Gasteiger partial charge in [0.1, 0.15) is 6.04 Å². The van der Waals surface area contributed by atoms with Crippen LogP contribution in [0.15, 0.2) is 48.5 Å². The summed E-state index contributed by atoms with van der Waals surface area (Å²) in [4.78, 5) is 35.0. The predicted octanol–water partition coefficient (Wildman–Crippen LogP) is 1.54. The van der Waals surface area contributed by atoms with Crippen LogP contribution in [0, 0.1) is 0 Å². The maximum Gasteiger partial charge on any atom is 0.262 e. The van der Waals surface area contributed by atoms with E-state index in [1.54, 1.807) is 42.5 Å². The number of anilines is 2. The molecule has 3 N–H and O–H groups in total. The Morgan fingerprint density at radius 2 is 1.85 bits per heavy atom. The molecule has 2 aromatic rings. The van der Waals surface area contributed by atoms with E-state index in [2.05, 4.69) is 16.0 Å². The van der Waals surface area contributed by atoms with Gasteiger partial charge in [-0.3, -0.25) is 19.7 Å². The number of hydrogen-bond acceptors (Lipinski definition) is 6. The minimum atomic E-state index is -0.614. The first-order valence-electron chi connectivity index (χ1n) is 8.31. The van der Waals surface area contributed by atoms with Crippen molar-refractivity contribution >= 4 is 29.1 Å². The first kappa shape index (κ1) is 18.2. The van der Waals surface area contributed by atoms with Crippen LogP contribution in [0.2, 0.25) is 0 Å². The van der Waals surface area contributed by atoms with Gasteiger partial charge in [-0.2, -0.15) is 0 Å². The van der Waals surface area contributed by atoms with Gasteiger partial charge in [0, 0.05) is 11.4 Å². The van der Waals surface area contributed by atoms with Gasteiger partial charge in [0.15, 0.2) is 18.1 Å². The van der Waals surface area contributed by atoms with Crippen LogP contribution in [0.25, 0.3) is 0 Å². The van der Waals surface area contributed by atoms with Crippen LogP contribution >= 0.6 is 0 Å². The lowest BCUT2D eigenvalue weighted by Crippen LogP contribution is -2.30. The Balaban J connectivity index is 1.56. The fourth-order valence-corrected chi connectivity index (χ4v) is 2.64. The summed E-state index contributed by atoms with van der Waals surface area (Å²) in [6, 6.07) is 13.3. The highest BCUT2D eigenvalue weighted by atomic mass is 16.5. The number of methoxy groups -OCH3 is 1. The minimum Gasteiger partial charge on any atom is -0.493 e. The van der Waals surface area contributed by atoms with Crippen molar-refractivity contribution in [2.75, 3.05) is 24.4 Å². The monoisotopic (exact) mass is 369 g/mol. The predicted molar refractivity (Wildman–Crippen MR) is 98.7 cm³/mol. The number of para-hydroxylation sites is 2. The van der Waals surface area contributed by atoms with Crippen molar-refractivity contribution in [3.63, 3.8) is 0 Å². The van der Waals surface area contributed by atoms with Crippen LogP contribution in [0.1, 0.15) is 6.42 Å². The van der Waals surface area contributed by atoms with Gasteiger partial charge < -0.3 is 20.1 Å². The van der Waals surface area contributed by atoms with Crippen molar-refractivity contribution in [3.8, 4) is 11.5 Å². The molecule has 27 heavy (non-hydrogen) atoms. The van der Waals surface area contributed by atoms with E-state index in [9.17, 15) is 14.4 Å². The molecule has 1 aliphatic rings. The molecule has 8 nitrogen and oxygen atoms in total. The highest BCUT2D eigenvalue weighted by Gasteiger charge is 2.30. The summed E-state index contributed by atoms with van der Waals surface area (Å²) in [5.74, 6) is 0.00491.